The molecule has 0 amide bonds. The summed E-state index contributed by atoms with van der Waals surface area (Å²) in [6, 6.07) is 1.10. The van der Waals surface area contributed by atoms with Gasteiger partial charge in [-0.3, -0.25) is 0 Å². The van der Waals surface area contributed by atoms with E-state index in [0.717, 1.165) is 17.4 Å². The van der Waals surface area contributed by atoms with Crippen molar-refractivity contribution < 1.29 is 28.2 Å². The van der Waals surface area contributed by atoms with Gasteiger partial charge in [0.15, 0.2) is 0 Å². The topological polar surface area (TPSA) is 113 Å². The second-order valence-electron chi connectivity index (χ2n) is 4.71. The summed E-state index contributed by atoms with van der Waals surface area (Å²) >= 11 is 3.90. The predicted molar refractivity (Wildman–Crippen MR) is 79.2 cm³/mol. The van der Waals surface area contributed by atoms with E-state index in [1.54, 1.807) is 0 Å². The molecule has 0 aromatic carbocycles. The fourth-order valence-corrected chi connectivity index (χ4v) is 5.89. The second-order valence-corrected chi connectivity index (χ2v) is 8.73. The van der Waals surface area contributed by atoms with E-state index in [2.05, 4.69) is 20.7 Å². The first-order valence-corrected chi connectivity index (χ1v) is 9.14. The van der Waals surface area contributed by atoms with E-state index >= 15 is 0 Å². The van der Waals surface area contributed by atoms with E-state index in [-0.39, 0.29) is 20.2 Å². The van der Waals surface area contributed by atoms with Gasteiger partial charge in [-0.2, -0.15) is 0 Å². The Bertz CT molecular complexity index is 635. The first-order chi connectivity index (χ1) is 9.80. The third kappa shape index (κ3) is 3.63. The van der Waals surface area contributed by atoms with Crippen molar-refractivity contribution in [1.82, 2.24) is 4.72 Å². The lowest BCUT2D eigenvalue weighted by Gasteiger charge is -2.35. The smallest absolute Gasteiger partial charge is 0.345 e. The SMILES string of the molecule is O=C(O)c1cc(S(=O)(=O)NC2(CO)CCOCC2)c(Br)s1. The van der Waals surface area contributed by atoms with Crippen LogP contribution < -0.4 is 4.72 Å². The lowest BCUT2D eigenvalue weighted by molar-refractivity contribution is 0.0223. The van der Waals surface area contributed by atoms with Gasteiger partial charge in [0.1, 0.15) is 9.77 Å². The zero-order valence-electron chi connectivity index (χ0n) is 10.8. The number of ether oxygens (including phenoxy) is 1. The van der Waals surface area contributed by atoms with Gasteiger partial charge in [0.2, 0.25) is 10.0 Å². The number of nitrogens with one attached hydrogen (secondary N) is 1. The maximum atomic E-state index is 12.4. The lowest BCUT2D eigenvalue weighted by Crippen LogP contribution is -2.54. The Hall–Kier alpha value is -0.520. The number of aliphatic hydroxyl groups is 1. The Morgan fingerprint density at radius 1 is 1.48 bits per heavy atom. The molecule has 7 nitrogen and oxygen atoms in total. The zero-order chi connectivity index (χ0) is 15.7. The van der Waals surface area contributed by atoms with Crippen molar-refractivity contribution in [3.05, 3.63) is 14.7 Å². The number of rotatable bonds is 5. The van der Waals surface area contributed by atoms with Gasteiger partial charge in [0.05, 0.1) is 15.9 Å². The highest BCUT2D eigenvalue weighted by atomic mass is 79.9. The van der Waals surface area contributed by atoms with E-state index in [4.69, 9.17) is 9.84 Å². The maximum absolute atomic E-state index is 12.4. The number of hydrogen-bond acceptors (Lipinski definition) is 6. The highest BCUT2D eigenvalue weighted by Gasteiger charge is 2.37. The molecule has 21 heavy (non-hydrogen) atoms. The fraction of sp³-hybridized carbons (Fsp3) is 0.545. The molecule has 0 bridgehead atoms. The van der Waals surface area contributed by atoms with Gasteiger partial charge < -0.3 is 14.9 Å². The average Bonchev–Trinajstić information content (AvgIpc) is 2.82. The Balaban J connectivity index is 2.31. The zero-order valence-corrected chi connectivity index (χ0v) is 14.1. The molecule has 0 spiro atoms. The number of carbonyl (C=O) groups is 1. The summed E-state index contributed by atoms with van der Waals surface area (Å²) in [5.74, 6) is -1.19. The molecule has 1 aliphatic rings. The molecule has 1 aromatic heterocycles. The highest BCUT2D eigenvalue weighted by Crippen LogP contribution is 2.33. The third-order valence-electron chi connectivity index (χ3n) is 3.26. The van der Waals surface area contributed by atoms with E-state index in [1.807, 2.05) is 0 Å². The normalized spacial score (nSPS) is 18.6. The highest BCUT2D eigenvalue weighted by molar-refractivity contribution is 9.11. The summed E-state index contributed by atoms with van der Waals surface area (Å²) in [4.78, 5) is 10.7. The van der Waals surface area contributed by atoms with E-state index in [1.165, 1.54) is 0 Å². The molecular formula is C11H14BrNO6S2. The number of thiophene rings is 1. The van der Waals surface area contributed by atoms with Crippen LogP contribution in [0.3, 0.4) is 0 Å². The Morgan fingerprint density at radius 3 is 2.57 bits per heavy atom. The van der Waals surface area contributed by atoms with Crippen molar-refractivity contribution in [2.24, 2.45) is 0 Å². The number of aliphatic hydroxyl groups excluding tert-OH is 1. The van der Waals surface area contributed by atoms with Crippen molar-refractivity contribution >= 4 is 43.3 Å². The minimum atomic E-state index is -3.94. The van der Waals surface area contributed by atoms with Crippen LogP contribution in [-0.4, -0.2) is 50.0 Å². The van der Waals surface area contributed by atoms with Crippen LogP contribution in [0.25, 0.3) is 0 Å². The Morgan fingerprint density at radius 2 is 2.10 bits per heavy atom. The van der Waals surface area contributed by atoms with Crippen LogP contribution in [0.5, 0.6) is 0 Å². The standard InChI is InChI=1S/C11H14BrNO6S2/c12-9-8(5-7(20-9)10(15)16)21(17,18)13-11(6-14)1-3-19-4-2-11/h5,13-14H,1-4,6H2,(H,15,16). The van der Waals surface area contributed by atoms with Crippen LogP contribution in [0, 0.1) is 0 Å². The van der Waals surface area contributed by atoms with Gasteiger partial charge in [-0.25, -0.2) is 17.9 Å². The van der Waals surface area contributed by atoms with Crippen LogP contribution >= 0.6 is 27.3 Å². The largest absolute Gasteiger partial charge is 0.477 e. The van der Waals surface area contributed by atoms with Crippen LogP contribution in [0.1, 0.15) is 22.5 Å². The van der Waals surface area contributed by atoms with Crippen LogP contribution in [0.2, 0.25) is 0 Å². The summed E-state index contributed by atoms with van der Waals surface area (Å²) < 4.78 is 32.8. The quantitative estimate of drug-likeness (QED) is 0.681. The van der Waals surface area contributed by atoms with Crippen molar-refractivity contribution in [2.45, 2.75) is 23.3 Å². The summed E-state index contributed by atoms with van der Waals surface area (Å²) in [6.45, 7) is 0.367. The summed E-state index contributed by atoms with van der Waals surface area (Å²) in [7, 11) is -3.94. The molecule has 0 radical (unpaired) electrons. The molecule has 1 aliphatic heterocycles. The molecule has 2 heterocycles. The number of sulfonamides is 1. The van der Waals surface area contributed by atoms with E-state index < -0.39 is 21.5 Å². The monoisotopic (exact) mass is 399 g/mol. The van der Waals surface area contributed by atoms with Gasteiger partial charge in [0, 0.05) is 13.2 Å². The first kappa shape index (κ1) is 16.8. The van der Waals surface area contributed by atoms with Gasteiger partial charge in [-0.05, 0) is 34.8 Å². The molecule has 2 rings (SSSR count). The Kier molecular flexibility index (Phi) is 5.06. The molecule has 3 N–H and O–H groups in total. The van der Waals surface area contributed by atoms with Crippen molar-refractivity contribution in [3.8, 4) is 0 Å². The minimum Gasteiger partial charge on any atom is -0.477 e. The molecule has 0 atom stereocenters. The molecule has 1 saturated heterocycles. The number of carboxylic acids is 1. The summed E-state index contributed by atoms with van der Waals surface area (Å²) in [6.07, 6.45) is 0.715. The predicted octanol–water partition coefficient (Wildman–Crippen LogP) is 1.03. The van der Waals surface area contributed by atoms with Gasteiger partial charge in [0.25, 0.3) is 0 Å². The molecule has 0 aliphatic carbocycles. The number of aromatic carboxylic acids is 1. The molecule has 0 unspecified atom stereocenters. The van der Waals surface area contributed by atoms with E-state index in [9.17, 15) is 18.3 Å². The Labute approximate surface area is 134 Å². The fourth-order valence-electron chi connectivity index (χ4n) is 2.04. The number of halogens is 1. The van der Waals surface area contributed by atoms with Gasteiger partial charge in [-0.15, -0.1) is 11.3 Å². The number of carboxylic acid groups (broad SMARTS) is 1. The van der Waals surface area contributed by atoms with Crippen molar-refractivity contribution in [2.75, 3.05) is 19.8 Å². The second kappa shape index (κ2) is 6.31. The van der Waals surface area contributed by atoms with Gasteiger partial charge >= 0.3 is 5.97 Å². The molecule has 1 aromatic rings. The maximum Gasteiger partial charge on any atom is 0.345 e. The summed E-state index contributed by atoms with van der Waals surface area (Å²) in [5, 5.41) is 18.5. The molecule has 1 fully saturated rings. The third-order valence-corrected chi connectivity index (χ3v) is 7.08. The molecule has 10 heteroatoms. The van der Waals surface area contributed by atoms with Crippen molar-refractivity contribution in [1.29, 1.82) is 0 Å². The average molecular weight is 400 g/mol. The van der Waals surface area contributed by atoms with Crippen LogP contribution in [-0.2, 0) is 14.8 Å². The molecule has 118 valence electrons. The molecule has 0 saturated carbocycles. The number of hydrogen-bond donors (Lipinski definition) is 3. The minimum absolute atomic E-state index is 0.0766. The summed E-state index contributed by atoms with van der Waals surface area (Å²) in [5.41, 5.74) is -0.970. The lowest BCUT2D eigenvalue weighted by atomic mass is 9.93. The molecular weight excluding hydrogens is 386 g/mol. The first-order valence-electron chi connectivity index (χ1n) is 6.05. The van der Waals surface area contributed by atoms with Crippen LogP contribution in [0.15, 0.2) is 14.7 Å². The van der Waals surface area contributed by atoms with Crippen LogP contribution in [0.4, 0.5) is 0 Å². The van der Waals surface area contributed by atoms with Gasteiger partial charge in [-0.1, -0.05) is 0 Å². The van der Waals surface area contributed by atoms with Crippen molar-refractivity contribution in [3.63, 3.8) is 0 Å². The van der Waals surface area contributed by atoms with E-state index in [0.29, 0.717) is 26.1 Å².